The first kappa shape index (κ1) is 15.9. The molecule has 0 aliphatic heterocycles. The zero-order chi connectivity index (χ0) is 14.4. The van der Waals surface area contributed by atoms with E-state index in [0.717, 1.165) is 24.0 Å². The Hall–Kier alpha value is -1.19. The number of halogens is 2. The SMILES string of the molecule is CCC/C(=C\CC(=O)O)c1cc(Cl)cc(Cl)c1OC. The number of hydrogen-bond donors (Lipinski definition) is 1. The number of benzene rings is 1. The van der Waals surface area contributed by atoms with Gasteiger partial charge in [-0.05, 0) is 24.1 Å². The number of allylic oxidation sites excluding steroid dienone is 1. The molecule has 1 aromatic carbocycles. The van der Waals surface area contributed by atoms with Gasteiger partial charge in [-0.2, -0.15) is 0 Å². The molecule has 0 atom stereocenters. The van der Waals surface area contributed by atoms with Gasteiger partial charge in [-0.25, -0.2) is 0 Å². The third kappa shape index (κ3) is 4.44. The van der Waals surface area contributed by atoms with Crippen molar-refractivity contribution in [3.63, 3.8) is 0 Å². The smallest absolute Gasteiger partial charge is 0.307 e. The zero-order valence-electron chi connectivity index (χ0n) is 10.9. The van der Waals surface area contributed by atoms with E-state index in [2.05, 4.69) is 0 Å². The molecular formula is C14H16Cl2O3. The minimum absolute atomic E-state index is 0.0391. The molecule has 0 radical (unpaired) electrons. The van der Waals surface area contributed by atoms with Crippen LogP contribution in [0, 0.1) is 0 Å². The lowest BCUT2D eigenvalue weighted by molar-refractivity contribution is -0.135. The molecule has 0 aliphatic carbocycles. The highest BCUT2D eigenvalue weighted by Gasteiger charge is 2.13. The monoisotopic (exact) mass is 302 g/mol. The minimum atomic E-state index is -0.874. The van der Waals surface area contributed by atoms with E-state index in [1.54, 1.807) is 18.2 Å². The number of ether oxygens (including phenoxy) is 1. The van der Waals surface area contributed by atoms with E-state index in [0.29, 0.717) is 15.8 Å². The summed E-state index contributed by atoms with van der Waals surface area (Å²) < 4.78 is 5.29. The Bertz CT molecular complexity index is 496. The first-order chi connectivity index (χ1) is 8.99. The first-order valence-electron chi connectivity index (χ1n) is 5.93. The molecule has 3 nitrogen and oxygen atoms in total. The second kappa shape index (κ2) is 7.41. The van der Waals surface area contributed by atoms with Gasteiger partial charge in [0.2, 0.25) is 0 Å². The lowest BCUT2D eigenvalue weighted by atomic mass is 9.99. The summed E-state index contributed by atoms with van der Waals surface area (Å²) in [5.74, 6) is -0.350. The molecule has 1 N–H and O–H groups in total. The van der Waals surface area contributed by atoms with Gasteiger partial charge in [0.15, 0.2) is 0 Å². The maximum absolute atomic E-state index is 10.7. The van der Waals surface area contributed by atoms with E-state index in [9.17, 15) is 4.79 Å². The van der Waals surface area contributed by atoms with E-state index in [4.69, 9.17) is 33.0 Å². The minimum Gasteiger partial charge on any atom is -0.495 e. The van der Waals surface area contributed by atoms with Crippen LogP contribution in [0.2, 0.25) is 10.0 Å². The Kier molecular flexibility index (Phi) is 6.19. The molecule has 5 heteroatoms. The van der Waals surface area contributed by atoms with Crippen molar-refractivity contribution in [3.8, 4) is 5.75 Å². The van der Waals surface area contributed by atoms with Crippen molar-refractivity contribution in [1.29, 1.82) is 0 Å². The number of carbonyl (C=O) groups is 1. The van der Waals surface area contributed by atoms with Crippen LogP contribution in [0.5, 0.6) is 5.75 Å². The van der Waals surface area contributed by atoms with Gasteiger partial charge >= 0.3 is 5.97 Å². The molecule has 1 aromatic rings. The summed E-state index contributed by atoms with van der Waals surface area (Å²) in [6, 6.07) is 3.35. The summed E-state index contributed by atoms with van der Waals surface area (Å²) in [5.41, 5.74) is 1.63. The fraction of sp³-hybridized carbons (Fsp3) is 0.357. The third-order valence-electron chi connectivity index (χ3n) is 2.60. The van der Waals surface area contributed by atoms with Gasteiger partial charge in [0.25, 0.3) is 0 Å². The van der Waals surface area contributed by atoms with Crippen LogP contribution in [-0.2, 0) is 4.79 Å². The lowest BCUT2D eigenvalue weighted by Gasteiger charge is -2.14. The highest BCUT2D eigenvalue weighted by Crippen LogP contribution is 2.37. The van der Waals surface area contributed by atoms with E-state index >= 15 is 0 Å². The quantitative estimate of drug-likeness (QED) is 0.831. The molecule has 0 aromatic heterocycles. The van der Waals surface area contributed by atoms with Crippen molar-refractivity contribution in [2.75, 3.05) is 7.11 Å². The fourth-order valence-electron chi connectivity index (χ4n) is 1.83. The van der Waals surface area contributed by atoms with Crippen molar-refractivity contribution in [2.24, 2.45) is 0 Å². The molecule has 0 unspecified atom stereocenters. The van der Waals surface area contributed by atoms with Crippen LogP contribution in [0.25, 0.3) is 5.57 Å². The standard InChI is InChI=1S/C14H16Cl2O3/c1-3-4-9(5-6-13(17)18)11-7-10(15)8-12(16)14(11)19-2/h5,7-8H,3-4,6H2,1-2H3,(H,17,18)/b9-5+. The summed E-state index contributed by atoms with van der Waals surface area (Å²) in [6.45, 7) is 2.02. The molecule has 0 fully saturated rings. The summed E-state index contributed by atoms with van der Waals surface area (Å²) in [4.78, 5) is 10.7. The van der Waals surface area contributed by atoms with Crippen molar-refractivity contribution in [2.45, 2.75) is 26.2 Å². The van der Waals surface area contributed by atoms with Gasteiger partial charge in [-0.3, -0.25) is 4.79 Å². The van der Waals surface area contributed by atoms with Gasteiger partial charge in [0.05, 0.1) is 18.6 Å². The van der Waals surface area contributed by atoms with E-state index in [1.807, 2.05) is 6.92 Å². The van der Waals surface area contributed by atoms with Crippen LogP contribution in [0.4, 0.5) is 0 Å². The molecule has 0 heterocycles. The molecule has 0 amide bonds. The van der Waals surface area contributed by atoms with Crippen LogP contribution >= 0.6 is 23.2 Å². The van der Waals surface area contributed by atoms with Crippen LogP contribution in [0.15, 0.2) is 18.2 Å². The van der Waals surface area contributed by atoms with Gasteiger partial charge in [-0.15, -0.1) is 0 Å². The van der Waals surface area contributed by atoms with E-state index in [-0.39, 0.29) is 6.42 Å². The molecule has 0 saturated heterocycles. The van der Waals surface area contributed by atoms with Gasteiger partial charge in [-0.1, -0.05) is 42.6 Å². The van der Waals surface area contributed by atoms with Crippen molar-refractivity contribution >= 4 is 34.7 Å². The lowest BCUT2D eigenvalue weighted by Crippen LogP contribution is -1.96. The predicted molar refractivity (Wildman–Crippen MR) is 78.2 cm³/mol. The molecule has 19 heavy (non-hydrogen) atoms. The maximum Gasteiger partial charge on any atom is 0.307 e. The van der Waals surface area contributed by atoms with Crippen LogP contribution in [0.1, 0.15) is 31.7 Å². The maximum atomic E-state index is 10.7. The highest BCUT2D eigenvalue weighted by atomic mass is 35.5. The molecule has 0 bridgehead atoms. The number of rotatable bonds is 6. The summed E-state index contributed by atoms with van der Waals surface area (Å²) in [6.07, 6.45) is 3.26. The summed E-state index contributed by atoms with van der Waals surface area (Å²) >= 11 is 12.1. The number of methoxy groups -OCH3 is 1. The first-order valence-corrected chi connectivity index (χ1v) is 6.69. The van der Waals surface area contributed by atoms with Crippen molar-refractivity contribution in [3.05, 3.63) is 33.8 Å². The normalized spacial score (nSPS) is 11.5. The second-order valence-corrected chi connectivity index (χ2v) is 4.89. The van der Waals surface area contributed by atoms with Crippen molar-refractivity contribution < 1.29 is 14.6 Å². The molecule has 1 rings (SSSR count). The van der Waals surface area contributed by atoms with Gasteiger partial charge in [0, 0.05) is 10.6 Å². The van der Waals surface area contributed by atoms with E-state index < -0.39 is 5.97 Å². The summed E-state index contributed by atoms with van der Waals surface area (Å²) in [5, 5.41) is 9.70. The number of carboxylic acids is 1. The van der Waals surface area contributed by atoms with Crippen molar-refractivity contribution in [1.82, 2.24) is 0 Å². The molecule has 0 spiro atoms. The fourth-order valence-corrected chi connectivity index (χ4v) is 2.40. The molecule has 0 aliphatic rings. The highest BCUT2D eigenvalue weighted by molar-refractivity contribution is 6.36. The number of hydrogen-bond acceptors (Lipinski definition) is 2. The Morgan fingerprint density at radius 1 is 1.42 bits per heavy atom. The molecular weight excluding hydrogens is 287 g/mol. The van der Waals surface area contributed by atoms with Crippen LogP contribution < -0.4 is 4.74 Å². The van der Waals surface area contributed by atoms with Crippen LogP contribution in [-0.4, -0.2) is 18.2 Å². The van der Waals surface area contributed by atoms with Crippen LogP contribution in [0.3, 0.4) is 0 Å². The average Bonchev–Trinajstić information content (AvgIpc) is 2.33. The van der Waals surface area contributed by atoms with Gasteiger partial charge < -0.3 is 9.84 Å². The Morgan fingerprint density at radius 3 is 2.63 bits per heavy atom. The Morgan fingerprint density at radius 2 is 2.11 bits per heavy atom. The number of carboxylic acid groups (broad SMARTS) is 1. The topological polar surface area (TPSA) is 46.5 Å². The second-order valence-electron chi connectivity index (χ2n) is 4.05. The molecule has 104 valence electrons. The van der Waals surface area contributed by atoms with Gasteiger partial charge in [0.1, 0.15) is 5.75 Å². The molecule has 0 saturated carbocycles. The third-order valence-corrected chi connectivity index (χ3v) is 3.10. The van der Waals surface area contributed by atoms with E-state index in [1.165, 1.54) is 7.11 Å². The zero-order valence-corrected chi connectivity index (χ0v) is 12.4. The Labute approximate surface area is 122 Å². The largest absolute Gasteiger partial charge is 0.495 e. The summed E-state index contributed by atoms with van der Waals surface area (Å²) in [7, 11) is 1.53. The number of aliphatic carboxylic acids is 1. The predicted octanol–water partition coefficient (Wildman–Crippen LogP) is 4.66. The Balaban J connectivity index is 3.28. The average molecular weight is 303 g/mol.